The molecule has 1 saturated heterocycles. The Morgan fingerprint density at radius 3 is 2.58 bits per heavy atom. The van der Waals surface area contributed by atoms with Crippen LogP contribution in [0.25, 0.3) is 0 Å². The van der Waals surface area contributed by atoms with Crippen LogP contribution in [0.3, 0.4) is 0 Å². The van der Waals surface area contributed by atoms with E-state index in [4.69, 9.17) is 8.48 Å². The molecule has 4 bridgehead atoms. The Balaban J connectivity index is 0.00000168. The zero-order valence-corrected chi connectivity index (χ0v) is 14.5. The molecule has 2 unspecified atom stereocenters. The highest BCUT2D eigenvalue weighted by Gasteiger charge is 2.62. The molecule has 5 saturated carbocycles. The third kappa shape index (κ3) is 2.16. The normalized spacial score (nSPS) is 54.9. The number of hydrogen-bond donors (Lipinski definition) is 2. The maximum Gasteiger partial charge on any atom is 0.241 e. The number of nitrogens with two attached hydrogens (primary N) is 1. The van der Waals surface area contributed by atoms with Gasteiger partial charge >= 0.3 is 0 Å². The summed E-state index contributed by atoms with van der Waals surface area (Å²) < 4.78 is 16.1. The number of nitrogens with zero attached hydrogens (tertiary/aromatic N) is 2. The minimum absolute atomic E-state index is 0. The first-order valence-corrected chi connectivity index (χ1v) is 8.89. The Hall–Kier alpha value is -0.830. The molecule has 1 heterocycles. The lowest BCUT2D eigenvalue weighted by molar-refractivity contribution is -0.177. The summed E-state index contributed by atoms with van der Waals surface area (Å²) in [6.07, 6.45) is 4.13. The average Bonchev–Trinajstić information content (AvgIpc) is 2.89. The Labute approximate surface area is 151 Å². The number of rotatable bonds is 2. The molecule has 3 N–H and O–H groups in total. The van der Waals surface area contributed by atoms with Gasteiger partial charge in [0.2, 0.25) is 5.91 Å². The monoisotopic (exact) mass is 354 g/mol. The Bertz CT molecular complexity index is 682. The molecule has 6 atom stereocenters. The number of carbonyl (C=O) groups is 1. The van der Waals surface area contributed by atoms with E-state index in [1.165, 1.54) is 4.90 Å². The van der Waals surface area contributed by atoms with Crippen LogP contribution in [0.4, 0.5) is 0 Å². The predicted octanol–water partition coefficient (Wildman–Crippen LogP) is 1.58. The highest BCUT2D eigenvalue weighted by molar-refractivity contribution is 5.85. The molecule has 6 aliphatic rings. The molecule has 0 radical (unpaired) electrons. The zero-order valence-electron chi connectivity index (χ0n) is 15.6. The second-order valence-corrected chi connectivity index (χ2v) is 8.87. The zero-order chi connectivity index (χ0) is 17.8. The lowest BCUT2D eigenvalue weighted by Gasteiger charge is -2.61. The van der Waals surface area contributed by atoms with Gasteiger partial charge in [0, 0.05) is 8.78 Å². The van der Waals surface area contributed by atoms with Gasteiger partial charge in [-0.3, -0.25) is 4.79 Å². The van der Waals surface area contributed by atoms with Gasteiger partial charge < -0.3 is 15.7 Å². The molecule has 0 aromatic rings. The highest BCUT2D eigenvalue weighted by atomic mass is 35.5. The summed E-state index contributed by atoms with van der Waals surface area (Å²) in [5.41, 5.74) is 5.45. The number of aliphatic hydroxyl groups is 1. The van der Waals surface area contributed by atoms with Crippen LogP contribution in [0.2, 0.25) is 0 Å². The topological polar surface area (TPSA) is 90.4 Å². The van der Waals surface area contributed by atoms with E-state index in [0.29, 0.717) is 24.7 Å². The van der Waals surface area contributed by atoms with E-state index in [-0.39, 0.29) is 29.6 Å². The number of piperidine rings is 1. The van der Waals surface area contributed by atoms with E-state index >= 15 is 0 Å². The molecule has 6 fully saturated rings. The maximum atomic E-state index is 13.3. The molecule has 6 rings (SSSR count). The lowest BCUT2D eigenvalue weighted by atomic mass is 9.46. The third-order valence-corrected chi connectivity index (χ3v) is 7.17. The van der Waals surface area contributed by atoms with Gasteiger partial charge in [-0.25, -0.2) is 0 Å². The van der Waals surface area contributed by atoms with Crippen molar-refractivity contribution in [3.05, 3.63) is 0 Å². The van der Waals surface area contributed by atoms with Crippen LogP contribution in [-0.2, 0) is 4.79 Å². The fraction of sp³-hybridized carbons (Fsp3) is 0.889. The lowest BCUT2D eigenvalue weighted by Crippen LogP contribution is -2.64. The highest BCUT2D eigenvalue weighted by Crippen LogP contribution is 2.63. The molecule has 24 heavy (non-hydrogen) atoms. The van der Waals surface area contributed by atoms with Gasteiger partial charge in [-0.05, 0) is 74.5 Å². The number of halogens is 1. The van der Waals surface area contributed by atoms with Gasteiger partial charge in [0.1, 0.15) is 6.04 Å². The van der Waals surface area contributed by atoms with Gasteiger partial charge in [-0.1, -0.05) is 0 Å². The molecule has 1 amide bonds. The van der Waals surface area contributed by atoms with Crippen molar-refractivity contribution < 1.29 is 12.6 Å². The van der Waals surface area contributed by atoms with Crippen LogP contribution < -0.4 is 5.73 Å². The predicted molar refractivity (Wildman–Crippen MR) is 90.0 cm³/mol. The summed E-state index contributed by atoms with van der Waals surface area (Å²) in [7, 11) is 0. The fourth-order valence-corrected chi connectivity index (χ4v) is 6.66. The SMILES string of the molecule is Cl.[2H][13C]1([2H])[C@H]2C[C@@H](C#N)N(C(=O)[C@@H](N)C34CC5CC(CC(O)(C5)C3)C4)[C@H]21. The second-order valence-electron chi connectivity index (χ2n) is 8.87. The van der Waals surface area contributed by atoms with E-state index in [2.05, 4.69) is 6.07 Å². The van der Waals surface area contributed by atoms with E-state index in [9.17, 15) is 15.2 Å². The molecular formula is C18H26ClN3O2. The first-order chi connectivity index (χ1) is 11.7. The van der Waals surface area contributed by atoms with Crippen molar-refractivity contribution in [2.75, 3.05) is 0 Å². The Morgan fingerprint density at radius 1 is 1.33 bits per heavy atom. The molecule has 0 aromatic heterocycles. The van der Waals surface area contributed by atoms with E-state index in [1.54, 1.807) is 0 Å². The van der Waals surface area contributed by atoms with Crippen LogP contribution in [-0.4, -0.2) is 39.6 Å². The van der Waals surface area contributed by atoms with Crippen molar-refractivity contribution in [2.24, 2.45) is 28.9 Å². The maximum absolute atomic E-state index is 13.3. The Kier molecular flexibility index (Phi) is 3.05. The van der Waals surface area contributed by atoms with Crippen LogP contribution in [0.15, 0.2) is 0 Å². The van der Waals surface area contributed by atoms with E-state index < -0.39 is 30.1 Å². The van der Waals surface area contributed by atoms with Crippen molar-refractivity contribution in [2.45, 2.75) is 75.0 Å². The summed E-state index contributed by atoms with van der Waals surface area (Å²) in [4.78, 5) is 14.7. The summed E-state index contributed by atoms with van der Waals surface area (Å²) in [5.74, 6) is 0.380. The summed E-state index contributed by atoms with van der Waals surface area (Å²) in [5, 5.41) is 20.3. The van der Waals surface area contributed by atoms with Gasteiger partial charge in [-0.2, -0.15) is 5.26 Å². The molecule has 0 aromatic carbocycles. The third-order valence-electron chi connectivity index (χ3n) is 7.17. The largest absolute Gasteiger partial charge is 0.390 e. The van der Waals surface area contributed by atoms with E-state index in [1.807, 2.05) is 0 Å². The molecule has 6 heteroatoms. The van der Waals surface area contributed by atoms with Crippen molar-refractivity contribution in [3.63, 3.8) is 0 Å². The number of likely N-dealkylation sites (tertiary alicyclic amines) is 1. The molecule has 0 spiro atoms. The van der Waals surface area contributed by atoms with Crippen molar-refractivity contribution in [1.29, 1.82) is 5.26 Å². The summed E-state index contributed by atoms with van der Waals surface area (Å²) in [6, 6.07) is 0.370. The average molecular weight is 355 g/mol. The second kappa shape index (κ2) is 5.09. The van der Waals surface area contributed by atoms with Crippen molar-refractivity contribution in [1.82, 2.24) is 4.90 Å². The van der Waals surface area contributed by atoms with Gasteiger partial charge in [0.15, 0.2) is 0 Å². The number of fused-ring (bicyclic) bond motifs is 1. The number of amides is 1. The van der Waals surface area contributed by atoms with Crippen molar-refractivity contribution in [3.8, 4) is 6.07 Å². The van der Waals surface area contributed by atoms with Crippen LogP contribution in [0.5, 0.6) is 0 Å². The van der Waals surface area contributed by atoms with Gasteiger partial charge in [0.25, 0.3) is 0 Å². The quantitative estimate of drug-likeness (QED) is 0.736. The van der Waals surface area contributed by atoms with Crippen molar-refractivity contribution >= 4 is 18.3 Å². The molecular weight excluding hydrogens is 327 g/mol. The molecule has 132 valence electrons. The van der Waals surface area contributed by atoms with Gasteiger partial charge in [0.05, 0.1) is 17.7 Å². The number of carbonyl (C=O) groups excluding carboxylic acids is 1. The minimum Gasteiger partial charge on any atom is -0.390 e. The number of nitriles is 1. The fourth-order valence-electron chi connectivity index (χ4n) is 6.66. The van der Waals surface area contributed by atoms with Crippen LogP contribution in [0.1, 0.15) is 54.1 Å². The van der Waals surface area contributed by atoms with Gasteiger partial charge in [-0.15, -0.1) is 12.4 Å². The Morgan fingerprint density at radius 2 is 2.00 bits per heavy atom. The first-order valence-electron chi connectivity index (χ1n) is 9.89. The summed E-state index contributed by atoms with van der Waals surface area (Å²) >= 11 is 0. The minimum atomic E-state index is -1.39. The standard InChI is InChI=1S/C18H25N3O2.ClH/c19-8-13-2-12-3-14(12)21(13)16(22)15(20)17-4-10-1-11(5-17)7-18(23,6-10)9-17;/h10-15,23H,1-7,9,20H2;1H/t10?,11?,12-,13+,14+,15-,17?,18?;/m1./s1/i3+1D2;. The molecule has 1 aliphatic heterocycles. The van der Waals surface area contributed by atoms with E-state index in [0.717, 1.165) is 32.1 Å². The smallest absolute Gasteiger partial charge is 0.241 e. The number of hydrogen-bond acceptors (Lipinski definition) is 4. The molecule has 5 nitrogen and oxygen atoms in total. The van der Waals surface area contributed by atoms with Crippen LogP contribution in [0, 0.1) is 34.5 Å². The molecule has 5 aliphatic carbocycles. The first kappa shape index (κ1) is 14.4. The summed E-state index contributed by atoms with van der Waals surface area (Å²) in [6.45, 7) is 0. The van der Waals surface area contributed by atoms with Crippen LogP contribution >= 0.6 is 12.4 Å².